The average Bonchev–Trinajstić information content (AvgIpc) is 3.12. The summed E-state index contributed by atoms with van der Waals surface area (Å²) in [6.07, 6.45) is 3.92. The maximum Gasteiger partial charge on any atom is 0.102 e. The van der Waals surface area contributed by atoms with Gasteiger partial charge in [-0.05, 0) is 24.7 Å². The molecule has 0 aromatic rings. The highest BCUT2D eigenvalue weighted by Crippen LogP contribution is 2.34. The fourth-order valence-corrected chi connectivity index (χ4v) is 2.87. The van der Waals surface area contributed by atoms with Crippen molar-refractivity contribution in [3.63, 3.8) is 0 Å². The fourth-order valence-electron chi connectivity index (χ4n) is 2.87. The van der Waals surface area contributed by atoms with Gasteiger partial charge in [0.1, 0.15) is 6.67 Å². The van der Waals surface area contributed by atoms with Crippen LogP contribution in [0, 0.1) is 11.8 Å². The second-order valence-electron chi connectivity index (χ2n) is 5.49. The number of nitrogens with one attached hydrogen (secondary N) is 1. The van der Waals surface area contributed by atoms with Crippen molar-refractivity contribution in [1.82, 2.24) is 10.2 Å². The Kier molecular flexibility index (Phi) is 4.20. The summed E-state index contributed by atoms with van der Waals surface area (Å²) in [5.74, 6) is 1.54. The van der Waals surface area contributed by atoms with Crippen LogP contribution in [0.3, 0.4) is 0 Å². The van der Waals surface area contributed by atoms with Gasteiger partial charge < -0.3 is 5.32 Å². The third-order valence-corrected chi connectivity index (χ3v) is 4.35. The van der Waals surface area contributed by atoms with Crippen molar-refractivity contribution in [3.05, 3.63) is 0 Å². The van der Waals surface area contributed by atoms with Crippen molar-refractivity contribution in [2.45, 2.75) is 45.2 Å². The van der Waals surface area contributed by atoms with Crippen LogP contribution in [0.15, 0.2) is 0 Å². The van der Waals surface area contributed by atoms with Crippen LogP contribution in [0.1, 0.15) is 33.1 Å². The normalized spacial score (nSPS) is 33.9. The van der Waals surface area contributed by atoms with Crippen molar-refractivity contribution >= 4 is 0 Å². The first-order chi connectivity index (χ1) is 7.76. The SMILES string of the molecule is CCC(C)C1CNC(C2CC2)CN1CCF. The van der Waals surface area contributed by atoms with E-state index in [1.807, 2.05) is 0 Å². The van der Waals surface area contributed by atoms with Gasteiger partial charge in [0.2, 0.25) is 0 Å². The van der Waals surface area contributed by atoms with E-state index in [0.29, 0.717) is 24.5 Å². The van der Waals surface area contributed by atoms with Crippen LogP contribution >= 0.6 is 0 Å². The van der Waals surface area contributed by atoms with E-state index in [2.05, 4.69) is 24.1 Å². The molecule has 2 rings (SSSR count). The first-order valence-electron chi connectivity index (χ1n) is 6.79. The zero-order valence-corrected chi connectivity index (χ0v) is 10.6. The Bertz CT molecular complexity index is 218. The summed E-state index contributed by atoms with van der Waals surface area (Å²) in [4.78, 5) is 2.38. The first kappa shape index (κ1) is 12.3. The zero-order valence-electron chi connectivity index (χ0n) is 10.6. The zero-order chi connectivity index (χ0) is 11.5. The minimum Gasteiger partial charge on any atom is -0.311 e. The lowest BCUT2D eigenvalue weighted by Crippen LogP contribution is -2.59. The molecule has 0 amide bonds. The summed E-state index contributed by atoms with van der Waals surface area (Å²) in [6.45, 7) is 7.05. The van der Waals surface area contributed by atoms with Gasteiger partial charge in [-0.15, -0.1) is 0 Å². The molecule has 1 heterocycles. The summed E-state index contributed by atoms with van der Waals surface area (Å²) in [6, 6.07) is 1.17. The summed E-state index contributed by atoms with van der Waals surface area (Å²) in [7, 11) is 0. The number of hydrogen-bond donors (Lipinski definition) is 1. The minimum absolute atomic E-state index is 0.204. The first-order valence-corrected chi connectivity index (χ1v) is 6.79. The molecule has 1 aliphatic carbocycles. The quantitative estimate of drug-likeness (QED) is 0.775. The summed E-state index contributed by atoms with van der Waals surface area (Å²) in [5.41, 5.74) is 0. The van der Waals surface area contributed by atoms with Crippen molar-refractivity contribution in [2.24, 2.45) is 11.8 Å². The number of rotatable bonds is 5. The van der Waals surface area contributed by atoms with Gasteiger partial charge in [0, 0.05) is 31.7 Å². The standard InChI is InChI=1S/C13H25FN2/c1-3-10(2)13-8-15-12(11-4-5-11)9-16(13)7-6-14/h10-13,15H,3-9H2,1-2H3. The lowest BCUT2D eigenvalue weighted by Gasteiger charge is -2.43. The maximum absolute atomic E-state index is 12.6. The molecule has 1 saturated heterocycles. The lowest BCUT2D eigenvalue weighted by molar-refractivity contribution is 0.0796. The van der Waals surface area contributed by atoms with E-state index >= 15 is 0 Å². The molecule has 1 saturated carbocycles. The smallest absolute Gasteiger partial charge is 0.102 e. The molecule has 3 atom stereocenters. The Labute approximate surface area is 98.6 Å². The Morgan fingerprint density at radius 3 is 2.75 bits per heavy atom. The predicted molar refractivity (Wildman–Crippen MR) is 65.3 cm³/mol. The Morgan fingerprint density at radius 2 is 2.19 bits per heavy atom. The molecule has 16 heavy (non-hydrogen) atoms. The van der Waals surface area contributed by atoms with Gasteiger partial charge in [-0.3, -0.25) is 4.90 Å². The van der Waals surface area contributed by atoms with E-state index < -0.39 is 0 Å². The number of piperazine rings is 1. The van der Waals surface area contributed by atoms with Crippen molar-refractivity contribution in [3.8, 4) is 0 Å². The molecular weight excluding hydrogens is 203 g/mol. The van der Waals surface area contributed by atoms with E-state index in [0.717, 1.165) is 19.0 Å². The summed E-state index contributed by atoms with van der Waals surface area (Å²) < 4.78 is 12.6. The third kappa shape index (κ3) is 2.75. The molecule has 2 fully saturated rings. The molecule has 0 aromatic carbocycles. The van der Waals surface area contributed by atoms with Crippen LogP contribution in [0.25, 0.3) is 0 Å². The Hall–Kier alpha value is -0.150. The number of hydrogen-bond acceptors (Lipinski definition) is 2. The second kappa shape index (κ2) is 5.46. The topological polar surface area (TPSA) is 15.3 Å². The largest absolute Gasteiger partial charge is 0.311 e. The van der Waals surface area contributed by atoms with Gasteiger partial charge in [-0.2, -0.15) is 0 Å². The molecule has 0 aromatic heterocycles. The minimum atomic E-state index is -0.204. The highest BCUT2D eigenvalue weighted by Gasteiger charge is 2.38. The van der Waals surface area contributed by atoms with Crippen LogP contribution in [-0.2, 0) is 0 Å². The van der Waals surface area contributed by atoms with Crippen molar-refractivity contribution in [1.29, 1.82) is 0 Å². The van der Waals surface area contributed by atoms with Gasteiger partial charge in [-0.1, -0.05) is 20.3 Å². The van der Waals surface area contributed by atoms with Gasteiger partial charge in [0.05, 0.1) is 0 Å². The van der Waals surface area contributed by atoms with E-state index in [1.165, 1.54) is 19.3 Å². The molecule has 2 aliphatic rings. The van der Waals surface area contributed by atoms with Crippen LogP contribution in [-0.4, -0.2) is 43.3 Å². The second-order valence-corrected chi connectivity index (χ2v) is 5.49. The van der Waals surface area contributed by atoms with E-state index in [9.17, 15) is 4.39 Å². The predicted octanol–water partition coefficient (Wildman–Crippen LogP) is 2.05. The Balaban J connectivity index is 1.92. The van der Waals surface area contributed by atoms with Crippen LogP contribution in [0.2, 0.25) is 0 Å². The summed E-state index contributed by atoms with van der Waals surface area (Å²) in [5, 5.41) is 3.67. The fraction of sp³-hybridized carbons (Fsp3) is 1.00. The van der Waals surface area contributed by atoms with Crippen molar-refractivity contribution in [2.75, 3.05) is 26.3 Å². The third-order valence-electron chi connectivity index (χ3n) is 4.35. The molecule has 2 nitrogen and oxygen atoms in total. The maximum atomic E-state index is 12.6. The molecule has 0 radical (unpaired) electrons. The van der Waals surface area contributed by atoms with Crippen LogP contribution in [0.4, 0.5) is 4.39 Å². The molecular formula is C13H25FN2. The van der Waals surface area contributed by atoms with Gasteiger partial charge >= 0.3 is 0 Å². The average molecular weight is 228 g/mol. The molecule has 3 unspecified atom stereocenters. The van der Waals surface area contributed by atoms with E-state index in [1.54, 1.807) is 0 Å². The number of nitrogens with zero attached hydrogens (tertiary/aromatic N) is 1. The highest BCUT2D eigenvalue weighted by atomic mass is 19.1. The highest BCUT2D eigenvalue weighted by molar-refractivity contribution is 4.95. The monoisotopic (exact) mass is 228 g/mol. The molecule has 1 aliphatic heterocycles. The summed E-state index contributed by atoms with van der Waals surface area (Å²) >= 11 is 0. The molecule has 94 valence electrons. The van der Waals surface area contributed by atoms with Crippen molar-refractivity contribution < 1.29 is 4.39 Å². The van der Waals surface area contributed by atoms with Gasteiger partial charge in [0.25, 0.3) is 0 Å². The van der Waals surface area contributed by atoms with E-state index in [-0.39, 0.29) is 6.67 Å². The lowest BCUT2D eigenvalue weighted by atomic mass is 9.93. The van der Waals surface area contributed by atoms with Crippen LogP contribution in [0.5, 0.6) is 0 Å². The molecule has 0 bridgehead atoms. The van der Waals surface area contributed by atoms with Gasteiger partial charge in [-0.25, -0.2) is 4.39 Å². The Morgan fingerprint density at radius 1 is 1.44 bits per heavy atom. The van der Waals surface area contributed by atoms with Crippen LogP contribution < -0.4 is 5.32 Å². The number of alkyl halides is 1. The number of halogens is 1. The van der Waals surface area contributed by atoms with Gasteiger partial charge in [0.15, 0.2) is 0 Å². The molecule has 3 heteroatoms. The van der Waals surface area contributed by atoms with E-state index in [4.69, 9.17) is 0 Å². The molecule has 0 spiro atoms. The molecule has 1 N–H and O–H groups in total.